The number of nitrogens with one attached hydrogen (secondary N) is 2. The molecule has 0 fully saturated rings. The normalized spacial score (nSPS) is 10.3. The lowest BCUT2D eigenvalue weighted by molar-refractivity contribution is 0.631. The first-order valence-electron chi connectivity index (χ1n) is 6.57. The highest BCUT2D eigenvalue weighted by Crippen LogP contribution is 2.23. The molecule has 0 amide bonds. The second kappa shape index (κ2) is 6.53. The Kier molecular flexibility index (Phi) is 4.29. The summed E-state index contributed by atoms with van der Waals surface area (Å²) in [6, 6.07) is 16.2. The average molecular weight is 359 g/mol. The van der Waals surface area contributed by atoms with E-state index in [0.717, 1.165) is 5.69 Å². The third-order valence-electron chi connectivity index (χ3n) is 2.91. The Hall–Kier alpha value is -2.47. The van der Waals surface area contributed by atoms with Crippen LogP contribution in [0.15, 0.2) is 65.4 Å². The van der Waals surface area contributed by atoms with E-state index in [2.05, 4.69) is 36.5 Å². The number of rotatable bonds is 4. The van der Waals surface area contributed by atoms with Gasteiger partial charge in [0.1, 0.15) is 23.8 Å². The van der Waals surface area contributed by atoms with Crippen molar-refractivity contribution in [3.63, 3.8) is 0 Å². The summed E-state index contributed by atoms with van der Waals surface area (Å²) in [5.74, 6) is 0.779. The Morgan fingerprint density at radius 2 is 1.59 bits per heavy atom. The molecule has 6 heteroatoms. The number of hydrogen-bond acceptors (Lipinski definition) is 4. The van der Waals surface area contributed by atoms with Crippen LogP contribution in [0.25, 0.3) is 0 Å². The molecule has 0 atom stereocenters. The van der Waals surface area contributed by atoms with Crippen molar-refractivity contribution in [2.75, 3.05) is 10.6 Å². The van der Waals surface area contributed by atoms with Crippen LogP contribution in [0.2, 0.25) is 0 Å². The molecule has 0 aliphatic rings. The summed E-state index contributed by atoms with van der Waals surface area (Å²) in [6.07, 6.45) is 1.42. The van der Waals surface area contributed by atoms with Gasteiger partial charge in [-0.25, -0.2) is 14.4 Å². The molecule has 0 saturated heterocycles. The van der Waals surface area contributed by atoms with Crippen molar-refractivity contribution in [2.24, 2.45) is 0 Å². The molecule has 1 heterocycles. The quantitative estimate of drug-likeness (QED) is 0.698. The SMILES string of the molecule is Fc1cc(Br)ccc1Nc1cc(Nc2ccccc2)ncn1. The second-order valence-corrected chi connectivity index (χ2v) is 5.44. The highest BCUT2D eigenvalue weighted by molar-refractivity contribution is 9.10. The van der Waals surface area contributed by atoms with Crippen LogP contribution in [0.4, 0.5) is 27.4 Å². The molecule has 1 aromatic heterocycles. The molecule has 0 unspecified atom stereocenters. The van der Waals surface area contributed by atoms with Gasteiger partial charge in [0.25, 0.3) is 0 Å². The first-order chi connectivity index (χ1) is 10.7. The number of anilines is 4. The summed E-state index contributed by atoms with van der Waals surface area (Å²) >= 11 is 3.23. The summed E-state index contributed by atoms with van der Waals surface area (Å²) in [7, 11) is 0. The Morgan fingerprint density at radius 1 is 0.864 bits per heavy atom. The van der Waals surface area contributed by atoms with E-state index in [9.17, 15) is 4.39 Å². The second-order valence-electron chi connectivity index (χ2n) is 4.53. The molecule has 0 aliphatic carbocycles. The maximum Gasteiger partial charge on any atom is 0.147 e. The zero-order valence-corrected chi connectivity index (χ0v) is 13.0. The molecule has 0 saturated carbocycles. The average Bonchev–Trinajstić information content (AvgIpc) is 2.52. The summed E-state index contributed by atoms with van der Waals surface area (Å²) in [5, 5.41) is 6.10. The van der Waals surface area contributed by atoms with Crippen molar-refractivity contribution >= 4 is 38.9 Å². The lowest BCUT2D eigenvalue weighted by atomic mass is 10.3. The van der Waals surface area contributed by atoms with Gasteiger partial charge in [-0.15, -0.1) is 0 Å². The highest BCUT2D eigenvalue weighted by Gasteiger charge is 2.05. The molecule has 0 aliphatic heterocycles. The largest absolute Gasteiger partial charge is 0.340 e. The lowest BCUT2D eigenvalue weighted by Crippen LogP contribution is -1.99. The number of nitrogens with zero attached hydrogens (tertiary/aromatic N) is 2. The molecule has 0 bridgehead atoms. The molecule has 0 radical (unpaired) electrons. The van der Waals surface area contributed by atoms with Gasteiger partial charge in [0.05, 0.1) is 5.69 Å². The third kappa shape index (κ3) is 3.59. The molecule has 2 aromatic carbocycles. The van der Waals surface area contributed by atoms with Gasteiger partial charge in [-0.05, 0) is 30.3 Å². The monoisotopic (exact) mass is 358 g/mol. The molecule has 3 aromatic rings. The topological polar surface area (TPSA) is 49.8 Å². The fourth-order valence-electron chi connectivity index (χ4n) is 1.89. The van der Waals surface area contributed by atoms with Gasteiger partial charge in [-0.2, -0.15) is 0 Å². The van der Waals surface area contributed by atoms with E-state index in [1.807, 2.05) is 30.3 Å². The molecule has 2 N–H and O–H groups in total. The van der Waals surface area contributed by atoms with Crippen molar-refractivity contribution in [3.8, 4) is 0 Å². The van der Waals surface area contributed by atoms with Crippen LogP contribution in [0.1, 0.15) is 0 Å². The summed E-state index contributed by atoms with van der Waals surface area (Å²) in [6.45, 7) is 0. The van der Waals surface area contributed by atoms with Crippen LogP contribution in [0, 0.1) is 5.82 Å². The zero-order valence-electron chi connectivity index (χ0n) is 11.4. The number of para-hydroxylation sites is 1. The minimum Gasteiger partial charge on any atom is -0.340 e. The minimum atomic E-state index is -0.356. The zero-order chi connectivity index (χ0) is 15.4. The smallest absolute Gasteiger partial charge is 0.147 e. The van der Waals surface area contributed by atoms with Crippen molar-refractivity contribution in [2.45, 2.75) is 0 Å². The number of aromatic nitrogens is 2. The van der Waals surface area contributed by atoms with Crippen molar-refractivity contribution in [1.82, 2.24) is 9.97 Å². The molecule has 22 heavy (non-hydrogen) atoms. The molecule has 4 nitrogen and oxygen atoms in total. The highest BCUT2D eigenvalue weighted by atomic mass is 79.9. The van der Waals surface area contributed by atoms with E-state index in [1.54, 1.807) is 18.2 Å². The minimum absolute atomic E-state index is 0.354. The van der Waals surface area contributed by atoms with Gasteiger partial charge in [0.2, 0.25) is 0 Å². The van der Waals surface area contributed by atoms with E-state index in [0.29, 0.717) is 21.8 Å². The van der Waals surface area contributed by atoms with Crippen LogP contribution < -0.4 is 10.6 Å². The number of benzene rings is 2. The van der Waals surface area contributed by atoms with Gasteiger partial charge in [0, 0.05) is 16.2 Å². The first-order valence-corrected chi connectivity index (χ1v) is 7.36. The van der Waals surface area contributed by atoms with E-state index >= 15 is 0 Å². The lowest BCUT2D eigenvalue weighted by Gasteiger charge is -2.09. The van der Waals surface area contributed by atoms with Crippen molar-refractivity contribution in [1.29, 1.82) is 0 Å². The van der Waals surface area contributed by atoms with Crippen LogP contribution in [-0.4, -0.2) is 9.97 Å². The molecule has 0 spiro atoms. The molecule has 3 rings (SSSR count). The number of halogens is 2. The fraction of sp³-hybridized carbons (Fsp3) is 0. The van der Waals surface area contributed by atoms with E-state index < -0.39 is 0 Å². The maximum atomic E-state index is 13.8. The van der Waals surface area contributed by atoms with Gasteiger partial charge in [0.15, 0.2) is 0 Å². The van der Waals surface area contributed by atoms with Gasteiger partial charge >= 0.3 is 0 Å². The third-order valence-corrected chi connectivity index (χ3v) is 3.40. The van der Waals surface area contributed by atoms with Crippen molar-refractivity contribution in [3.05, 3.63) is 71.2 Å². The Morgan fingerprint density at radius 3 is 2.32 bits per heavy atom. The predicted octanol–water partition coefficient (Wildman–Crippen LogP) is 4.87. The molecule has 110 valence electrons. The first kappa shape index (κ1) is 14.5. The van der Waals surface area contributed by atoms with Gasteiger partial charge < -0.3 is 10.6 Å². The standard InChI is InChI=1S/C16H12BrFN4/c17-11-6-7-14(13(18)8-11)22-16-9-15(19-10-20-16)21-12-4-2-1-3-5-12/h1-10H,(H2,19,20,21,22). The van der Waals surface area contributed by atoms with Gasteiger partial charge in [-0.1, -0.05) is 34.1 Å². The van der Waals surface area contributed by atoms with E-state index in [4.69, 9.17) is 0 Å². The van der Waals surface area contributed by atoms with E-state index in [-0.39, 0.29) is 5.82 Å². The predicted molar refractivity (Wildman–Crippen MR) is 89.1 cm³/mol. The summed E-state index contributed by atoms with van der Waals surface area (Å²) < 4.78 is 14.5. The van der Waals surface area contributed by atoms with Crippen molar-refractivity contribution < 1.29 is 4.39 Å². The van der Waals surface area contributed by atoms with Crippen LogP contribution in [0.3, 0.4) is 0 Å². The maximum absolute atomic E-state index is 13.8. The van der Waals surface area contributed by atoms with Gasteiger partial charge in [-0.3, -0.25) is 0 Å². The van der Waals surface area contributed by atoms with Crippen LogP contribution >= 0.6 is 15.9 Å². The fourth-order valence-corrected chi connectivity index (χ4v) is 2.23. The van der Waals surface area contributed by atoms with E-state index in [1.165, 1.54) is 12.4 Å². The molecular weight excluding hydrogens is 347 g/mol. The Bertz CT molecular complexity index is 780. The molecular formula is C16H12BrFN4. The Balaban J connectivity index is 1.79. The van der Waals surface area contributed by atoms with Crippen LogP contribution in [0.5, 0.6) is 0 Å². The summed E-state index contributed by atoms with van der Waals surface area (Å²) in [4.78, 5) is 8.25. The Labute approximate surface area is 135 Å². The number of hydrogen-bond donors (Lipinski definition) is 2. The summed E-state index contributed by atoms with van der Waals surface area (Å²) in [5.41, 5.74) is 1.27. The van der Waals surface area contributed by atoms with Crippen LogP contribution in [-0.2, 0) is 0 Å².